The van der Waals surface area contributed by atoms with E-state index < -0.39 is 0 Å². The van der Waals surface area contributed by atoms with Crippen LogP contribution in [-0.2, 0) is 11.2 Å². The van der Waals surface area contributed by atoms with Crippen LogP contribution < -0.4 is 5.73 Å². The summed E-state index contributed by atoms with van der Waals surface area (Å²) in [6.07, 6.45) is 0.757. The average Bonchev–Trinajstić information content (AvgIpc) is 2.82. The van der Waals surface area contributed by atoms with Gasteiger partial charge in [-0.15, -0.1) is 11.3 Å². The van der Waals surface area contributed by atoms with Gasteiger partial charge in [-0.05, 0) is 31.4 Å². The van der Waals surface area contributed by atoms with Gasteiger partial charge in [0.2, 0.25) is 0 Å². The van der Waals surface area contributed by atoms with Crippen molar-refractivity contribution < 1.29 is 9.53 Å². The number of ether oxygens (including phenoxy) is 1. The quantitative estimate of drug-likeness (QED) is 0.674. The Morgan fingerprint density at radius 1 is 1.43 bits per heavy atom. The van der Waals surface area contributed by atoms with E-state index in [9.17, 15) is 4.79 Å². The Balaban J connectivity index is 2.42. The molecule has 0 aliphatic heterocycles. The fraction of sp³-hybridized carbons (Fsp3) is 0.375. The second-order valence-corrected chi connectivity index (χ2v) is 6.24. The van der Waals surface area contributed by atoms with E-state index in [0.717, 1.165) is 22.7 Å². The highest BCUT2D eigenvalue weighted by Gasteiger charge is 2.20. The molecule has 1 heterocycles. The summed E-state index contributed by atoms with van der Waals surface area (Å²) in [5.74, 6) is 0.134. The van der Waals surface area contributed by atoms with E-state index in [0.29, 0.717) is 23.1 Å². The highest BCUT2D eigenvalue weighted by Crippen LogP contribution is 2.30. The fourth-order valence-corrected chi connectivity index (χ4v) is 3.01. The number of nitrogen functional groups attached to an aromatic ring is 1. The molecule has 0 spiro atoms. The molecule has 0 atom stereocenters. The largest absolute Gasteiger partial charge is 0.462 e. The number of thiazole rings is 1. The first-order valence-corrected chi connectivity index (χ1v) is 7.85. The van der Waals surface area contributed by atoms with Gasteiger partial charge in [-0.25, -0.2) is 9.78 Å². The molecule has 1 aromatic carbocycles. The Bertz CT molecular complexity index is 635. The SMILES string of the molecule is CCOC(=O)c1sc(-c2cccc(N)c2)nc1CC(C)C. The van der Waals surface area contributed by atoms with Crippen molar-refractivity contribution in [3.8, 4) is 10.6 Å². The predicted molar refractivity (Wildman–Crippen MR) is 86.5 cm³/mol. The first-order chi connectivity index (χ1) is 10.0. The lowest BCUT2D eigenvalue weighted by Gasteiger charge is -2.04. The van der Waals surface area contributed by atoms with Crippen molar-refractivity contribution in [1.82, 2.24) is 4.98 Å². The average molecular weight is 304 g/mol. The Morgan fingerprint density at radius 3 is 2.81 bits per heavy atom. The Labute approximate surface area is 129 Å². The topological polar surface area (TPSA) is 65.2 Å². The molecule has 0 saturated carbocycles. The minimum absolute atomic E-state index is 0.291. The number of hydrogen-bond acceptors (Lipinski definition) is 5. The van der Waals surface area contributed by atoms with E-state index in [1.807, 2.05) is 24.3 Å². The van der Waals surface area contributed by atoms with Crippen molar-refractivity contribution in [2.75, 3.05) is 12.3 Å². The van der Waals surface area contributed by atoms with Crippen molar-refractivity contribution >= 4 is 23.0 Å². The molecule has 0 unspecified atom stereocenters. The van der Waals surface area contributed by atoms with E-state index >= 15 is 0 Å². The predicted octanol–water partition coefficient (Wildman–Crippen LogP) is 3.77. The fourth-order valence-electron chi connectivity index (χ4n) is 2.03. The third kappa shape index (κ3) is 3.82. The Morgan fingerprint density at radius 2 is 2.19 bits per heavy atom. The smallest absolute Gasteiger partial charge is 0.350 e. The summed E-state index contributed by atoms with van der Waals surface area (Å²) in [6.45, 7) is 6.38. The van der Waals surface area contributed by atoms with Gasteiger partial charge < -0.3 is 10.5 Å². The molecular formula is C16H20N2O2S. The lowest BCUT2D eigenvalue weighted by molar-refractivity contribution is 0.0530. The number of aromatic nitrogens is 1. The summed E-state index contributed by atoms with van der Waals surface area (Å²) in [4.78, 5) is 17.3. The van der Waals surface area contributed by atoms with Crippen LogP contribution in [0, 0.1) is 5.92 Å². The van der Waals surface area contributed by atoms with Crippen molar-refractivity contribution in [2.45, 2.75) is 27.2 Å². The Kier molecular flexibility index (Phi) is 4.96. The van der Waals surface area contributed by atoms with Gasteiger partial charge in [-0.3, -0.25) is 0 Å². The van der Waals surface area contributed by atoms with Crippen molar-refractivity contribution in [3.63, 3.8) is 0 Å². The number of carbonyl (C=O) groups is 1. The third-order valence-corrected chi connectivity index (χ3v) is 4.02. The minimum Gasteiger partial charge on any atom is -0.462 e. The van der Waals surface area contributed by atoms with Crippen LogP contribution >= 0.6 is 11.3 Å². The molecule has 5 heteroatoms. The number of nitrogens with two attached hydrogens (primary N) is 1. The van der Waals surface area contributed by atoms with Crippen LogP contribution in [-0.4, -0.2) is 17.6 Å². The molecule has 2 rings (SSSR count). The van der Waals surface area contributed by atoms with Crippen LogP contribution in [0.4, 0.5) is 5.69 Å². The van der Waals surface area contributed by atoms with Crippen molar-refractivity contribution in [3.05, 3.63) is 34.8 Å². The molecular weight excluding hydrogens is 284 g/mol. The van der Waals surface area contributed by atoms with Crippen LogP contribution in [0.3, 0.4) is 0 Å². The van der Waals surface area contributed by atoms with Gasteiger partial charge in [0, 0.05) is 11.3 Å². The number of nitrogens with zero attached hydrogens (tertiary/aromatic N) is 1. The molecule has 1 aromatic heterocycles. The van der Waals surface area contributed by atoms with Crippen LogP contribution in [0.1, 0.15) is 36.1 Å². The van der Waals surface area contributed by atoms with Crippen molar-refractivity contribution in [1.29, 1.82) is 0 Å². The zero-order chi connectivity index (χ0) is 15.4. The van der Waals surface area contributed by atoms with Crippen LogP contribution in [0.5, 0.6) is 0 Å². The van der Waals surface area contributed by atoms with Gasteiger partial charge in [0.1, 0.15) is 9.88 Å². The first-order valence-electron chi connectivity index (χ1n) is 7.04. The molecule has 4 nitrogen and oxygen atoms in total. The summed E-state index contributed by atoms with van der Waals surface area (Å²) < 4.78 is 5.13. The summed E-state index contributed by atoms with van der Waals surface area (Å²) in [6, 6.07) is 7.53. The second kappa shape index (κ2) is 6.72. The van der Waals surface area contributed by atoms with Crippen molar-refractivity contribution in [2.24, 2.45) is 5.92 Å². The zero-order valence-corrected chi connectivity index (χ0v) is 13.4. The van der Waals surface area contributed by atoms with Crippen LogP contribution in [0.25, 0.3) is 10.6 Å². The summed E-state index contributed by atoms with van der Waals surface area (Å²) >= 11 is 1.37. The molecule has 2 N–H and O–H groups in total. The van der Waals surface area contributed by atoms with Gasteiger partial charge >= 0.3 is 5.97 Å². The summed E-state index contributed by atoms with van der Waals surface area (Å²) in [5.41, 5.74) is 8.24. The number of carbonyl (C=O) groups excluding carboxylic acids is 1. The first kappa shape index (κ1) is 15.5. The molecule has 0 amide bonds. The monoisotopic (exact) mass is 304 g/mol. The van der Waals surface area contributed by atoms with E-state index in [4.69, 9.17) is 10.5 Å². The standard InChI is InChI=1S/C16H20N2O2S/c1-4-20-16(19)14-13(8-10(2)3)18-15(21-14)11-6-5-7-12(17)9-11/h5-7,9-10H,4,8,17H2,1-3H3. The van der Waals surface area contributed by atoms with E-state index in [2.05, 4.69) is 18.8 Å². The van der Waals surface area contributed by atoms with E-state index in [-0.39, 0.29) is 5.97 Å². The normalized spacial score (nSPS) is 10.9. The number of esters is 1. The minimum atomic E-state index is -0.291. The second-order valence-electron chi connectivity index (χ2n) is 5.24. The maximum absolute atomic E-state index is 12.1. The molecule has 0 fully saturated rings. The molecule has 112 valence electrons. The van der Waals surface area contributed by atoms with Crippen LogP contribution in [0.2, 0.25) is 0 Å². The van der Waals surface area contributed by atoms with Gasteiger partial charge in [0.25, 0.3) is 0 Å². The Hall–Kier alpha value is -1.88. The number of benzene rings is 1. The molecule has 0 radical (unpaired) electrons. The number of rotatable bonds is 5. The number of anilines is 1. The number of hydrogen-bond donors (Lipinski definition) is 1. The van der Waals surface area contributed by atoms with Crippen LogP contribution in [0.15, 0.2) is 24.3 Å². The molecule has 0 saturated heterocycles. The van der Waals surface area contributed by atoms with Gasteiger partial charge in [-0.1, -0.05) is 26.0 Å². The maximum atomic E-state index is 12.1. The van der Waals surface area contributed by atoms with E-state index in [1.165, 1.54) is 11.3 Å². The molecule has 0 aliphatic carbocycles. The third-order valence-electron chi connectivity index (χ3n) is 2.89. The van der Waals surface area contributed by atoms with Gasteiger partial charge in [0.15, 0.2) is 0 Å². The maximum Gasteiger partial charge on any atom is 0.350 e. The highest BCUT2D eigenvalue weighted by molar-refractivity contribution is 7.17. The molecule has 0 bridgehead atoms. The lowest BCUT2D eigenvalue weighted by atomic mass is 10.1. The lowest BCUT2D eigenvalue weighted by Crippen LogP contribution is -2.07. The highest BCUT2D eigenvalue weighted by atomic mass is 32.1. The molecule has 21 heavy (non-hydrogen) atoms. The molecule has 2 aromatic rings. The van der Waals surface area contributed by atoms with Gasteiger partial charge in [-0.2, -0.15) is 0 Å². The molecule has 0 aliphatic rings. The summed E-state index contributed by atoms with van der Waals surface area (Å²) in [5, 5.41) is 0.806. The zero-order valence-electron chi connectivity index (χ0n) is 12.6. The van der Waals surface area contributed by atoms with E-state index in [1.54, 1.807) is 6.92 Å². The summed E-state index contributed by atoms with van der Waals surface area (Å²) in [7, 11) is 0. The van der Waals surface area contributed by atoms with Gasteiger partial charge in [0.05, 0.1) is 12.3 Å².